The predicted molar refractivity (Wildman–Crippen MR) is 60.0 cm³/mol. The van der Waals surface area contributed by atoms with Gasteiger partial charge < -0.3 is 15.1 Å². The van der Waals surface area contributed by atoms with Gasteiger partial charge in [0.2, 0.25) is 5.89 Å². The molecule has 1 aromatic heterocycles. The van der Waals surface area contributed by atoms with E-state index in [1.807, 2.05) is 6.92 Å². The number of aromatic nitrogens is 2. The average molecular weight is 248 g/mol. The second-order valence-electron chi connectivity index (χ2n) is 3.51. The number of hydrogen-bond donors (Lipinski definition) is 2. The highest BCUT2D eigenvalue weighted by atomic mass is 32.2. The maximum absolute atomic E-state index is 10.9. The highest BCUT2D eigenvalue weighted by molar-refractivity contribution is 7.90. The van der Waals surface area contributed by atoms with Crippen LogP contribution in [0.1, 0.15) is 18.9 Å². The fourth-order valence-corrected chi connectivity index (χ4v) is 1.42. The second kappa shape index (κ2) is 5.26. The van der Waals surface area contributed by atoms with E-state index in [0.29, 0.717) is 5.89 Å². The molecule has 0 aliphatic heterocycles. The molecule has 0 saturated carbocycles. The summed E-state index contributed by atoms with van der Waals surface area (Å²) < 4.78 is 27.0. The van der Waals surface area contributed by atoms with Gasteiger partial charge in [-0.25, -0.2) is 8.42 Å². The molecule has 0 fully saturated rings. The summed E-state index contributed by atoms with van der Waals surface area (Å²) in [5, 5.41) is 13.3. The van der Waals surface area contributed by atoms with E-state index < -0.39 is 9.84 Å². The maximum Gasteiger partial charge on any atom is 0.315 e. The van der Waals surface area contributed by atoms with Crippen LogP contribution in [0.15, 0.2) is 4.42 Å². The summed E-state index contributed by atoms with van der Waals surface area (Å²) in [7, 11) is -1.19. The molecule has 7 nitrogen and oxygen atoms in total. The Kier molecular flexibility index (Phi) is 4.25. The zero-order valence-electron chi connectivity index (χ0n) is 9.52. The Labute approximate surface area is 94.5 Å². The van der Waals surface area contributed by atoms with Crippen LogP contribution in [-0.4, -0.2) is 44.2 Å². The van der Waals surface area contributed by atoms with Crippen molar-refractivity contribution in [3.8, 4) is 0 Å². The van der Waals surface area contributed by atoms with Crippen LogP contribution in [0.3, 0.4) is 0 Å². The minimum atomic E-state index is -2.97. The van der Waals surface area contributed by atoms with Gasteiger partial charge in [0.15, 0.2) is 0 Å². The van der Waals surface area contributed by atoms with Gasteiger partial charge in [-0.1, -0.05) is 5.10 Å². The molecule has 1 heterocycles. The summed E-state index contributed by atoms with van der Waals surface area (Å²) in [6, 6.07) is 0.207. The van der Waals surface area contributed by atoms with Crippen molar-refractivity contribution in [2.45, 2.75) is 13.0 Å². The van der Waals surface area contributed by atoms with Gasteiger partial charge in [-0.15, -0.1) is 5.10 Å². The molecule has 0 spiro atoms. The zero-order chi connectivity index (χ0) is 12.2. The fraction of sp³-hybridized carbons (Fsp3) is 0.750. The molecule has 0 aliphatic carbocycles. The molecule has 0 bridgehead atoms. The summed E-state index contributed by atoms with van der Waals surface area (Å²) in [4.78, 5) is 0. The van der Waals surface area contributed by atoms with Crippen LogP contribution in [0, 0.1) is 0 Å². The Morgan fingerprint density at radius 1 is 1.44 bits per heavy atom. The molecule has 16 heavy (non-hydrogen) atoms. The molecule has 0 radical (unpaired) electrons. The Morgan fingerprint density at radius 3 is 2.69 bits per heavy atom. The SMILES string of the molecule is CNC(C)c1nnc(NCCS(C)(=O)=O)o1. The Balaban J connectivity index is 2.47. The molecule has 92 valence electrons. The van der Waals surface area contributed by atoms with Gasteiger partial charge in [0, 0.05) is 12.8 Å². The lowest BCUT2D eigenvalue weighted by atomic mass is 10.3. The van der Waals surface area contributed by atoms with Crippen molar-refractivity contribution in [3.63, 3.8) is 0 Å². The van der Waals surface area contributed by atoms with Crippen molar-refractivity contribution in [2.24, 2.45) is 0 Å². The molecule has 0 aromatic carbocycles. The first-order valence-corrected chi connectivity index (χ1v) is 6.90. The molecular weight excluding hydrogens is 232 g/mol. The third kappa shape index (κ3) is 4.15. The van der Waals surface area contributed by atoms with E-state index in [0.717, 1.165) is 0 Å². The van der Waals surface area contributed by atoms with Gasteiger partial charge in [-0.3, -0.25) is 0 Å². The first-order chi connectivity index (χ1) is 7.42. The number of rotatable bonds is 6. The summed E-state index contributed by atoms with van der Waals surface area (Å²) in [6.07, 6.45) is 1.18. The van der Waals surface area contributed by atoms with Crippen molar-refractivity contribution < 1.29 is 12.8 Å². The monoisotopic (exact) mass is 248 g/mol. The van der Waals surface area contributed by atoms with Crippen molar-refractivity contribution in [2.75, 3.05) is 30.9 Å². The van der Waals surface area contributed by atoms with Crippen LogP contribution < -0.4 is 10.6 Å². The zero-order valence-corrected chi connectivity index (χ0v) is 10.3. The third-order valence-corrected chi connectivity index (χ3v) is 2.94. The van der Waals surface area contributed by atoms with Crippen molar-refractivity contribution in [1.82, 2.24) is 15.5 Å². The topological polar surface area (TPSA) is 97.1 Å². The number of hydrogen-bond acceptors (Lipinski definition) is 7. The minimum absolute atomic E-state index is 0.0297. The van der Waals surface area contributed by atoms with E-state index in [1.54, 1.807) is 7.05 Å². The molecule has 1 atom stereocenters. The molecule has 0 aliphatic rings. The highest BCUT2D eigenvalue weighted by Crippen LogP contribution is 2.12. The van der Waals surface area contributed by atoms with Crippen LogP contribution in [-0.2, 0) is 9.84 Å². The summed E-state index contributed by atoms with van der Waals surface area (Å²) in [6.45, 7) is 2.14. The van der Waals surface area contributed by atoms with Crippen LogP contribution in [0.5, 0.6) is 0 Å². The van der Waals surface area contributed by atoms with E-state index in [-0.39, 0.29) is 24.4 Å². The quantitative estimate of drug-likeness (QED) is 0.720. The van der Waals surface area contributed by atoms with Crippen molar-refractivity contribution in [1.29, 1.82) is 0 Å². The first-order valence-electron chi connectivity index (χ1n) is 4.84. The van der Waals surface area contributed by atoms with Crippen LogP contribution >= 0.6 is 0 Å². The van der Waals surface area contributed by atoms with E-state index >= 15 is 0 Å². The maximum atomic E-state index is 10.9. The van der Waals surface area contributed by atoms with Gasteiger partial charge in [0.1, 0.15) is 9.84 Å². The van der Waals surface area contributed by atoms with Crippen LogP contribution in [0.2, 0.25) is 0 Å². The molecule has 1 unspecified atom stereocenters. The lowest BCUT2D eigenvalue weighted by Gasteiger charge is -2.02. The second-order valence-corrected chi connectivity index (χ2v) is 5.77. The molecule has 0 amide bonds. The fourth-order valence-electron chi connectivity index (χ4n) is 0.948. The molecule has 0 saturated heterocycles. The number of sulfone groups is 1. The molecule has 8 heteroatoms. The van der Waals surface area contributed by atoms with Crippen molar-refractivity contribution >= 4 is 15.9 Å². The van der Waals surface area contributed by atoms with Gasteiger partial charge >= 0.3 is 6.01 Å². The number of nitrogens with zero attached hydrogens (tertiary/aromatic N) is 2. The molecular formula is C8H16N4O3S. The van der Waals surface area contributed by atoms with E-state index in [4.69, 9.17) is 4.42 Å². The van der Waals surface area contributed by atoms with Gasteiger partial charge in [0.25, 0.3) is 0 Å². The van der Waals surface area contributed by atoms with Crippen LogP contribution in [0.25, 0.3) is 0 Å². The van der Waals surface area contributed by atoms with E-state index in [2.05, 4.69) is 20.8 Å². The third-order valence-electron chi connectivity index (χ3n) is 1.99. The summed E-state index contributed by atoms with van der Waals surface area (Å²) in [5.74, 6) is 0.496. The normalized spacial score (nSPS) is 13.7. The minimum Gasteiger partial charge on any atom is -0.406 e. The van der Waals surface area contributed by atoms with E-state index in [9.17, 15) is 8.42 Å². The predicted octanol–water partition coefficient (Wildman–Crippen LogP) is -0.194. The molecule has 1 aromatic rings. The lowest BCUT2D eigenvalue weighted by Crippen LogP contribution is -2.14. The molecule has 1 rings (SSSR count). The van der Waals surface area contributed by atoms with Gasteiger partial charge in [0.05, 0.1) is 11.8 Å². The highest BCUT2D eigenvalue weighted by Gasteiger charge is 2.11. The smallest absolute Gasteiger partial charge is 0.315 e. The summed E-state index contributed by atoms with van der Waals surface area (Å²) in [5.41, 5.74) is 0. The van der Waals surface area contributed by atoms with Crippen LogP contribution in [0.4, 0.5) is 6.01 Å². The Hall–Kier alpha value is -1.15. The number of nitrogens with one attached hydrogen (secondary N) is 2. The summed E-state index contributed by atoms with van der Waals surface area (Å²) >= 11 is 0. The largest absolute Gasteiger partial charge is 0.406 e. The Bertz CT molecular complexity index is 428. The Morgan fingerprint density at radius 2 is 2.12 bits per heavy atom. The first kappa shape index (κ1) is 12.9. The lowest BCUT2D eigenvalue weighted by molar-refractivity contribution is 0.441. The van der Waals surface area contributed by atoms with Gasteiger partial charge in [-0.05, 0) is 14.0 Å². The number of anilines is 1. The van der Waals surface area contributed by atoms with E-state index in [1.165, 1.54) is 6.26 Å². The average Bonchev–Trinajstić information content (AvgIpc) is 2.63. The van der Waals surface area contributed by atoms with Gasteiger partial charge in [-0.2, -0.15) is 0 Å². The molecule has 2 N–H and O–H groups in total. The van der Waals surface area contributed by atoms with Crippen molar-refractivity contribution in [3.05, 3.63) is 5.89 Å². The standard InChI is InChI=1S/C8H16N4O3S/c1-6(9-2)7-11-12-8(15-7)10-4-5-16(3,13)14/h6,9H,4-5H2,1-3H3,(H,10,12).